The Morgan fingerprint density at radius 3 is 2.88 bits per heavy atom. The fraction of sp³-hybridized carbons (Fsp3) is 0.417. The van der Waals surface area contributed by atoms with Crippen molar-refractivity contribution < 1.29 is 0 Å². The summed E-state index contributed by atoms with van der Waals surface area (Å²) >= 11 is 5.87. The van der Waals surface area contributed by atoms with E-state index in [4.69, 9.17) is 17.3 Å². The Hall–Kier alpha value is -0.490. The summed E-state index contributed by atoms with van der Waals surface area (Å²) in [6.45, 7) is 3.58. The second-order valence-corrected chi connectivity index (χ2v) is 4.05. The first kappa shape index (κ1) is 16.5. The average Bonchev–Trinajstić information content (AvgIpc) is 2.27. The SMILES string of the molecule is CCCCNC(N)=NCc1cccc(Cl)c1.I. The van der Waals surface area contributed by atoms with Crippen LogP contribution < -0.4 is 11.1 Å². The van der Waals surface area contributed by atoms with Gasteiger partial charge in [-0.15, -0.1) is 24.0 Å². The molecular formula is C12H19ClIN3. The van der Waals surface area contributed by atoms with E-state index in [1.807, 2.05) is 24.3 Å². The number of guanidine groups is 1. The normalized spacial score (nSPS) is 10.8. The lowest BCUT2D eigenvalue weighted by atomic mass is 10.2. The molecule has 0 bridgehead atoms. The van der Waals surface area contributed by atoms with Gasteiger partial charge in [0.1, 0.15) is 0 Å². The van der Waals surface area contributed by atoms with Gasteiger partial charge in [-0.1, -0.05) is 37.1 Å². The molecule has 1 aromatic rings. The minimum Gasteiger partial charge on any atom is -0.370 e. The largest absolute Gasteiger partial charge is 0.370 e. The van der Waals surface area contributed by atoms with Crippen LogP contribution in [0.15, 0.2) is 29.3 Å². The van der Waals surface area contributed by atoms with Crippen molar-refractivity contribution in [1.29, 1.82) is 0 Å². The Labute approximate surface area is 125 Å². The molecule has 0 fully saturated rings. The number of halogens is 2. The molecule has 0 saturated heterocycles. The molecule has 5 heteroatoms. The minimum absolute atomic E-state index is 0. The fourth-order valence-corrected chi connectivity index (χ4v) is 1.47. The lowest BCUT2D eigenvalue weighted by Gasteiger charge is -2.04. The third-order valence-corrected chi connectivity index (χ3v) is 2.39. The van der Waals surface area contributed by atoms with E-state index in [0.717, 1.165) is 30.0 Å². The Kier molecular flexibility index (Phi) is 9.26. The van der Waals surface area contributed by atoms with Gasteiger partial charge in [0.15, 0.2) is 5.96 Å². The molecule has 0 saturated carbocycles. The number of benzene rings is 1. The third-order valence-electron chi connectivity index (χ3n) is 2.16. The van der Waals surface area contributed by atoms with Crippen LogP contribution in [0, 0.1) is 0 Å². The zero-order valence-electron chi connectivity index (χ0n) is 9.95. The van der Waals surface area contributed by atoms with Crippen molar-refractivity contribution in [3.05, 3.63) is 34.9 Å². The molecule has 0 aliphatic rings. The third kappa shape index (κ3) is 7.44. The van der Waals surface area contributed by atoms with Gasteiger partial charge in [-0.2, -0.15) is 0 Å². The second-order valence-electron chi connectivity index (χ2n) is 3.61. The molecule has 17 heavy (non-hydrogen) atoms. The van der Waals surface area contributed by atoms with Crippen LogP contribution in [0.2, 0.25) is 5.02 Å². The molecule has 0 aliphatic heterocycles. The van der Waals surface area contributed by atoms with Crippen LogP contribution in [0.25, 0.3) is 0 Å². The first-order valence-electron chi connectivity index (χ1n) is 5.50. The number of rotatable bonds is 5. The van der Waals surface area contributed by atoms with Gasteiger partial charge < -0.3 is 11.1 Å². The Bertz CT molecular complexity index is 355. The Morgan fingerprint density at radius 2 is 2.24 bits per heavy atom. The van der Waals surface area contributed by atoms with Crippen molar-refractivity contribution in [3.8, 4) is 0 Å². The van der Waals surface area contributed by atoms with E-state index in [1.165, 1.54) is 0 Å². The van der Waals surface area contributed by atoms with E-state index < -0.39 is 0 Å². The number of aliphatic imine (C=N–C) groups is 1. The first-order chi connectivity index (χ1) is 7.72. The van der Waals surface area contributed by atoms with Crippen LogP contribution in [0.1, 0.15) is 25.3 Å². The molecule has 0 spiro atoms. The van der Waals surface area contributed by atoms with E-state index in [9.17, 15) is 0 Å². The number of hydrogen-bond donors (Lipinski definition) is 2. The topological polar surface area (TPSA) is 50.4 Å². The molecule has 0 aliphatic carbocycles. The predicted molar refractivity (Wildman–Crippen MR) is 85.1 cm³/mol. The van der Waals surface area contributed by atoms with Crippen molar-refractivity contribution >= 4 is 41.5 Å². The molecule has 0 heterocycles. The van der Waals surface area contributed by atoms with Gasteiger partial charge in [0.2, 0.25) is 0 Å². The van der Waals surface area contributed by atoms with Crippen LogP contribution >= 0.6 is 35.6 Å². The van der Waals surface area contributed by atoms with Crippen molar-refractivity contribution in [3.63, 3.8) is 0 Å². The van der Waals surface area contributed by atoms with Gasteiger partial charge >= 0.3 is 0 Å². The summed E-state index contributed by atoms with van der Waals surface area (Å²) in [7, 11) is 0. The zero-order valence-corrected chi connectivity index (χ0v) is 13.0. The molecule has 0 radical (unpaired) electrons. The van der Waals surface area contributed by atoms with Crippen molar-refractivity contribution in [2.75, 3.05) is 6.54 Å². The Morgan fingerprint density at radius 1 is 1.47 bits per heavy atom. The number of unbranched alkanes of at least 4 members (excludes halogenated alkanes) is 1. The monoisotopic (exact) mass is 367 g/mol. The summed E-state index contributed by atoms with van der Waals surface area (Å²) in [4.78, 5) is 4.23. The van der Waals surface area contributed by atoms with E-state index in [1.54, 1.807) is 0 Å². The summed E-state index contributed by atoms with van der Waals surface area (Å²) in [5.41, 5.74) is 6.77. The minimum atomic E-state index is 0. The van der Waals surface area contributed by atoms with Gasteiger partial charge in [0, 0.05) is 11.6 Å². The lowest BCUT2D eigenvalue weighted by Crippen LogP contribution is -2.32. The van der Waals surface area contributed by atoms with E-state index in [2.05, 4.69) is 17.2 Å². The van der Waals surface area contributed by atoms with Gasteiger partial charge in [0.05, 0.1) is 6.54 Å². The van der Waals surface area contributed by atoms with Crippen LogP contribution in [0.5, 0.6) is 0 Å². The van der Waals surface area contributed by atoms with E-state index >= 15 is 0 Å². The highest BCUT2D eigenvalue weighted by molar-refractivity contribution is 14.0. The lowest BCUT2D eigenvalue weighted by molar-refractivity contribution is 0.748. The summed E-state index contributed by atoms with van der Waals surface area (Å²) < 4.78 is 0. The van der Waals surface area contributed by atoms with Gasteiger partial charge in [0.25, 0.3) is 0 Å². The number of nitrogens with two attached hydrogens (primary N) is 1. The number of nitrogens with zero attached hydrogens (tertiary/aromatic N) is 1. The molecule has 0 aromatic heterocycles. The molecular weight excluding hydrogens is 349 g/mol. The van der Waals surface area contributed by atoms with Crippen molar-refractivity contribution in [2.24, 2.45) is 10.7 Å². The summed E-state index contributed by atoms with van der Waals surface area (Å²) in [6.07, 6.45) is 2.25. The van der Waals surface area contributed by atoms with E-state index in [0.29, 0.717) is 12.5 Å². The van der Waals surface area contributed by atoms with Crippen LogP contribution in [-0.4, -0.2) is 12.5 Å². The van der Waals surface area contributed by atoms with Gasteiger partial charge in [-0.3, -0.25) is 0 Å². The predicted octanol–water partition coefficient (Wildman–Crippen LogP) is 3.16. The molecule has 1 rings (SSSR count). The fourth-order valence-electron chi connectivity index (χ4n) is 1.26. The zero-order chi connectivity index (χ0) is 11.8. The molecule has 0 atom stereocenters. The smallest absolute Gasteiger partial charge is 0.188 e. The van der Waals surface area contributed by atoms with Crippen molar-refractivity contribution in [1.82, 2.24) is 5.32 Å². The van der Waals surface area contributed by atoms with Gasteiger partial charge in [-0.25, -0.2) is 4.99 Å². The van der Waals surface area contributed by atoms with Gasteiger partial charge in [-0.05, 0) is 24.1 Å². The molecule has 3 N–H and O–H groups in total. The molecule has 0 unspecified atom stereocenters. The maximum atomic E-state index is 5.87. The molecule has 96 valence electrons. The highest BCUT2D eigenvalue weighted by Gasteiger charge is 1.94. The highest BCUT2D eigenvalue weighted by Crippen LogP contribution is 2.11. The maximum absolute atomic E-state index is 5.87. The number of nitrogens with one attached hydrogen (secondary N) is 1. The number of hydrogen-bond acceptors (Lipinski definition) is 1. The highest BCUT2D eigenvalue weighted by atomic mass is 127. The summed E-state index contributed by atoms with van der Waals surface area (Å²) in [5.74, 6) is 0.494. The maximum Gasteiger partial charge on any atom is 0.188 e. The second kappa shape index (κ2) is 9.53. The van der Waals surface area contributed by atoms with Crippen LogP contribution in [0.4, 0.5) is 0 Å². The molecule has 3 nitrogen and oxygen atoms in total. The van der Waals surface area contributed by atoms with Crippen LogP contribution in [0.3, 0.4) is 0 Å². The average molecular weight is 368 g/mol. The van der Waals surface area contributed by atoms with Crippen LogP contribution in [-0.2, 0) is 6.54 Å². The summed E-state index contributed by atoms with van der Waals surface area (Å²) in [6, 6.07) is 7.63. The van der Waals surface area contributed by atoms with E-state index in [-0.39, 0.29) is 24.0 Å². The molecule has 1 aromatic carbocycles. The standard InChI is InChI=1S/C12H18ClN3.HI/c1-2-3-7-15-12(14)16-9-10-5-4-6-11(13)8-10;/h4-6,8H,2-3,7,9H2,1H3,(H3,14,15,16);1H. The summed E-state index contributed by atoms with van der Waals surface area (Å²) in [5, 5.41) is 3.79. The quantitative estimate of drug-likeness (QED) is 0.363. The first-order valence-corrected chi connectivity index (χ1v) is 5.88. The van der Waals surface area contributed by atoms with Crippen molar-refractivity contribution in [2.45, 2.75) is 26.3 Å². The Balaban J connectivity index is 0.00000256. The molecule has 0 amide bonds.